The topological polar surface area (TPSA) is 64.1 Å². The van der Waals surface area contributed by atoms with Crippen LogP contribution in [-0.2, 0) is 5.75 Å². The first-order valence-electron chi connectivity index (χ1n) is 9.27. The summed E-state index contributed by atoms with van der Waals surface area (Å²) in [5.74, 6) is 0.174. The molecule has 158 valence electrons. The first-order chi connectivity index (χ1) is 15.0. The van der Waals surface area contributed by atoms with E-state index in [0.29, 0.717) is 27.7 Å². The van der Waals surface area contributed by atoms with E-state index in [0.717, 1.165) is 15.6 Å². The number of carbonyl (C=O) groups is 1. The van der Waals surface area contributed by atoms with Crippen molar-refractivity contribution < 1.29 is 13.9 Å². The zero-order valence-electron chi connectivity index (χ0n) is 16.7. The highest BCUT2D eigenvalue weighted by Crippen LogP contribution is 2.30. The minimum atomic E-state index is -0.458. The van der Waals surface area contributed by atoms with Crippen molar-refractivity contribution in [3.8, 4) is 17.0 Å². The summed E-state index contributed by atoms with van der Waals surface area (Å²) in [5.41, 5.74) is 2.78. The quantitative estimate of drug-likeness (QED) is 0.322. The lowest BCUT2D eigenvalue weighted by molar-refractivity contribution is 0.102. The van der Waals surface area contributed by atoms with Gasteiger partial charge in [-0.05, 0) is 37.3 Å². The Balaban J connectivity index is 1.47. The Morgan fingerprint density at radius 2 is 2.00 bits per heavy atom. The second-order valence-corrected chi connectivity index (χ2v) is 9.42. The molecule has 31 heavy (non-hydrogen) atoms. The number of hydrogen-bond acceptors (Lipinski definition) is 7. The van der Waals surface area contributed by atoms with Crippen molar-refractivity contribution in [1.82, 2.24) is 9.97 Å². The Hall–Kier alpha value is -2.75. The summed E-state index contributed by atoms with van der Waals surface area (Å²) in [6.45, 7) is 1.98. The van der Waals surface area contributed by atoms with Gasteiger partial charge in [0.2, 0.25) is 0 Å². The minimum Gasteiger partial charge on any atom is -0.494 e. The molecular formula is C22H18FN3O2S3. The highest BCUT2D eigenvalue weighted by molar-refractivity contribution is 7.98. The average Bonchev–Trinajstić information content (AvgIpc) is 3.41. The Morgan fingerprint density at radius 1 is 1.16 bits per heavy atom. The number of aryl methyl sites for hydroxylation is 1. The second-order valence-electron chi connectivity index (χ2n) is 6.48. The number of amides is 1. The molecule has 0 saturated heterocycles. The maximum absolute atomic E-state index is 14.0. The number of thioether (sulfide) groups is 1. The number of anilines is 1. The van der Waals surface area contributed by atoms with Crippen LogP contribution >= 0.6 is 34.4 Å². The van der Waals surface area contributed by atoms with Crippen LogP contribution in [0.1, 0.15) is 21.1 Å². The maximum atomic E-state index is 14.0. The van der Waals surface area contributed by atoms with Crippen LogP contribution in [-0.4, -0.2) is 23.0 Å². The number of nitrogens with one attached hydrogen (secondary N) is 1. The molecule has 0 bridgehead atoms. The van der Waals surface area contributed by atoms with Crippen molar-refractivity contribution in [3.63, 3.8) is 0 Å². The number of thiazole rings is 2. The molecule has 0 spiro atoms. The van der Waals surface area contributed by atoms with Crippen molar-refractivity contribution in [1.29, 1.82) is 0 Å². The van der Waals surface area contributed by atoms with Gasteiger partial charge in [-0.15, -0.1) is 34.4 Å². The summed E-state index contributed by atoms with van der Waals surface area (Å²) in [4.78, 5) is 22.7. The summed E-state index contributed by atoms with van der Waals surface area (Å²) < 4.78 is 18.9. The van der Waals surface area contributed by atoms with Gasteiger partial charge in [0.05, 0.1) is 29.1 Å². The molecule has 4 aromatic rings. The molecule has 2 aromatic carbocycles. The molecule has 5 nitrogen and oxygen atoms in total. The first kappa shape index (κ1) is 21.5. The molecule has 0 radical (unpaired) electrons. The number of carbonyl (C=O) groups excluding carboxylic acids is 1. The molecule has 2 aromatic heterocycles. The maximum Gasteiger partial charge on any atom is 0.258 e. The Morgan fingerprint density at radius 3 is 2.74 bits per heavy atom. The summed E-state index contributed by atoms with van der Waals surface area (Å²) in [6, 6.07) is 12.1. The SMILES string of the molecule is COc1ccc(-c2csc(NC(=O)c3ccccc3SCc3csc(C)n3)n2)cc1F. The summed E-state index contributed by atoms with van der Waals surface area (Å²) in [7, 11) is 1.42. The van der Waals surface area contributed by atoms with Gasteiger partial charge in [-0.2, -0.15) is 0 Å². The summed E-state index contributed by atoms with van der Waals surface area (Å²) in [6.07, 6.45) is 0. The number of hydrogen-bond donors (Lipinski definition) is 1. The largest absolute Gasteiger partial charge is 0.494 e. The van der Waals surface area contributed by atoms with E-state index in [1.165, 1.54) is 24.5 Å². The zero-order valence-corrected chi connectivity index (χ0v) is 19.2. The third-order valence-corrected chi connectivity index (χ3v) is 7.03. The van der Waals surface area contributed by atoms with Crippen molar-refractivity contribution in [3.05, 3.63) is 75.3 Å². The van der Waals surface area contributed by atoms with Gasteiger partial charge in [-0.1, -0.05) is 12.1 Å². The Labute approximate surface area is 191 Å². The molecule has 1 amide bonds. The second kappa shape index (κ2) is 9.59. The van der Waals surface area contributed by atoms with E-state index in [1.54, 1.807) is 46.7 Å². The fraction of sp³-hybridized carbons (Fsp3) is 0.136. The molecule has 4 rings (SSSR count). The van der Waals surface area contributed by atoms with Crippen molar-refractivity contribution in [2.45, 2.75) is 17.6 Å². The van der Waals surface area contributed by atoms with E-state index < -0.39 is 5.82 Å². The third kappa shape index (κ3) is 5.12. The number of halogens is 1. The highest BCUT2D eigenvalue weighted by atomic mass is 32.2. The van der Waals surface area contributed by atoms with Gasteiger partial charge in [0.15, 0.2) is 16.7 Å². The molecule has 0 atom stereocenters. The van der Waals surface area contributed by atoms with Gasteiger partial charge in [0.25, 0.3) is 5.91 Å². The van der Waals surface area contributed by atoms with Crippen molar-refractivity contribution >= 4 is 45.5 Å². The molecule has 0 aliphatic carbocycles. The molecule has 9 heteroatoms. The number of rotatable bonds is 7. The van der Waals surface area contributed by atoms with Gasteiger partial charge < -0.3 is 4.74 Å². The molecule has 0 aliphatic rings. The molecule has 0 unspecified atom stereocenters. The lowest BCUT2D eigenvalue weighted by Crippen LogP contribution is -2.12. The number of ether oxygens (including phenoxy) is 1. The van der Waals surface area contributed by atoms with Crippen LogP contribution in [0.15, 0.2) is 58.1 Å². The van der Waals surface area contributed by atoms with Crippen LogP contribution < -0.4 is 10.1 Å². The van der Waals surface area contributed by atoms with Gasteiger partial charge in [-0.3, -0.25) is 10.1 Å². The van der Waals surface area contributed by atoms with Crippen LogP contribution in [0.4, 0.5) is 9.52 Å². The fourth-order valence-corrected chi connectivity index (χ4v) is 5.24. The number of aromatic nitrogens is 2. The van der Waals surface area contributed by atoms with E-state index in [4.69, 9.17) is 4.74 Å². The van der Waals surface area contributed by atoms with E-state index in [9.17, 15) is 9.18 Å². The van der Waals surface area contributed by atoms with Gasteiger partial charge in [0.1, 0.15) is 0 Å². The predicted molar refractivity (Wildman–Crippen MR) is 125 cm³/mol. The average molecular weight is 472 g/mol. The zero-order chi connectivity index (χ0) is 21.8. The Bertz CT molecular complexity index is 1220. The normalized spacial score (nSPS) is 10.8. The van der Waals surface area contributed by atoms with Crippen LogP contribution in [0.3, 0.4) is 0 Å². The molecule has 1 N–H and O–H groups in total. The summed E-state index contributed by atoms with van der Waals surface area (Å²) in [5, 5.41) is 8.14. The van der Waals surface area contributed by atoms with Gasteiger partial charge in [0, 0.05) is 27.0 Å². The number of methoxy groups -OCH3 is 1. The van der Waals surface area contributed by atoms with Crippen LogP contribution in [0.5, 0.6) is 5.75 Å². The van der Waals surface area contributed by atoms with E-state index in [1.807, 2.05) is 30.5 Å². The van der Waals surface area contributed by atoms with E-state index in [2.05, 4.69) is 15.3 Å². The number of nitrogens with zero attached hydrogens (tertiary/aromatic N) is 2. The van der Waals surface area contributed by atoms with Crippen LogP contribution in [0.2, 0.25) is 0 Å². The first-order valence-corrected chi connectivity index (χ1v) is 12.0. The van der Waals surface area contributed by atoms with Crippen molar-refractivity contribution in [2.75, 3.05) is 12.4 Å². The van der Waals surface area contributed by atoms with Gasteiger partial charge >= 0.3 is 0 Å². The third-order valence-electron chi connectivity index (χ3n) is 4.35. The smallest absolute Gasteiger partial charge is 0.258 e. The fourth-order valence-electron chi connectivity index (χ4n) is 2.86. The highest BCUT2D eigenvalue weighted by Gasteiger charge is 2.15. The van der Waals surface area contributed by atoms with E-state index in [-0.39, 0.29) is 11.7 Å². The standard InChI is InChI=1S/C22H18FN3O2S3/c1-13-24-15(10-29-13)11-30-20-6-4-3-5-16(20)21(27)26-22-25-18(12-31-22)14-7-8-19(28-2)17(23)9-14/h3-10,12H,11H2,1-2H3,(H,25,26,27). The monoisotopic (exact) mass is 471 g/mol. The number of benzene rings is 2. The lowest BCUT2D eigenvalue weighted by atomic mass is 10.1. The minimum absolute atomic E-state index is 0.175. The van der Waals surface area contributed by atoms with Crippen LogP contribution in [0.25, 0.3) is 11.3 Å². The molecule has 0 fully saturated rings. The summed E-state index contributed by atoms with van der Waals surface area (Å²) >= 11 is 4.48. The molecule has 0 aliphatic heterocycles. The van der Waals surface area contributed by atoms with Gasteiger partial charge in [-0.25, -0.2) is 14.4 Å². The molecular weight excluding hydrogens is 453 g/mol. The van der Waals surface area contributed by atoms with Crippen molar-refractivity contribution in [2.24, 2.45) is 0 Å². The Kier molecular flexibility index (Phi) is 6.64. The lowest BCUT2D eigenvalue weighted by Gasteiger charge is -2.08. The van der Waals surface area contributed by atoms with E-state index >= 15 is 0 Å². The molecule has 2 heterocycles. The van der Waals surface area contributed by atoms with Crippen LogP contribution in [0, 0.1) is 12.7 Å². The molecule has 0 saturated carbocycles. The predicted octanol–water partition coefficient (Wildman–Crippen LogP) is 6.27.